The Balaban J connectivity index is 1.17. The number of alkyl halides is 3. The number of nitrogens with one attached hydrogen (secondary N) is 3. The highest BCUT2D eigenvalue weighted by Crippen LogP contribution is 2.42. The van der Waals surface area contributed by atoms with Crippen LogP contribution in [0.2, 0.25) is 0 Å². The molecule has 1 saturated carbocycles. The third-order valence-electron chi connectivity index (χ3n) is 8.17. The van der Waals surface area contributed by atoms with Gasteiger partial charge in [-0.15, -0.1) is 0 Å². The average molecular weight is 597 g/mol. The van der Waals surface area contributed by atoms with Gasteiger partial charge in [0.25, 0.3) is 0 Å². The molecule has 2 aromatic heterocycles. The number of amides is 2. The number of anilines is 3. The molecule has 2 aromatic carbocycles. The molecule has 0 bridgehead atoms. The van der Waals surface area contributed by atoms with Crippen molar-refractivity contribution < 1.29 is 22.4 Å². The fourth-order valence-electron chi connectivity index (χ4n) is 5.70. The van der Waals surface area contributed by atoms with E-state index in [4.69, 9.17) is 5.73 Å². The fraction of sp³-hybridized carbons (Fsp3) is 0.367. The molecule has 2 aliphatic rings. The lowest BCUT2D eigenvalue weighted by molar-refractivity contribution is -0.138. The zero-order valence-electron chi connectivity index (χ0n) is 23.5. The summed E-state index contributed by atoms with van der Waals surface area (Å²) in [5.74, 6) is -0.437. The summed E-state index contributed by atoms with van der Waals surface area (Å²) in [5, 5.41) is 8.63. The van der Waals surface area contributed by atoms with Crippen LogP contribution in [0.5, 0.6) is 0 Å². The van der Waals surface area contributed by atoms with E-state index in [2.05, 4.69) is 25.9 Å². The number of halogens is 4. The topological polar surface area (TPSA) is 113 Å². The van der Waals surface area contributed by atoms with E-state index in [-0.39, 0.29) is 29.3 Å². The van der Waals surface area contributed by atoms with E-state index in [1.165, 1.54) is 30.6 Å². The second-order valence-corrected chi connectivity index (χ2v) is 11.1. The molecule has 226 valence electrons. The summed E-state index contributed by atoms with van der Waals surface area (Å²) < 4.78 is 59.1. The minimum absolute atomic E-state index is 0.0529. The molecule has 0 unspecified atom stereocenters. The Labute approximate surface area is 245 Å². The number of benzene rings is 2. The number of nitrogens with zero attached hydrogens (tertiary/aromatic N) is 4. The predicted octanol–water partition coefficient (Wildman–Crippen LogP) is 6.00. The lowest BCUT2D eigenvalue weighted by atomic mass is 10.0. The number of carbonyl (C=O) groups excluding carboxylic acids is 1. The number of piperidine rings is 1. The van der Waals surface area contributed by atoms with Gasteiger partial charge in [-0.2, -0.15) is 13.2 Å². The smallest absolute Gasteiger partial charge is 0.383 e. The molecule has 0 radical (unpaired) electrons. The zero-order chi connectivity index (χ0) is 30.3. The first-order valence-electron chi connectivity index (χ1n) is 14.2. The van der Waals surface area contributed by atoms with E-state index in [1.807, 2.05) is 22.7 Å². The molecule has 3 heterocycles. The van der Waals surface area contributed by atoms with E-state index >= 15 is 4.39 Å². The molecular formula is C30H32F4N8O. The first-order valence-corrected chi connectivity index (χ1v) is 14.2. The van der Waals surface area contributed by atoms with Gasteiger partial charge in [-0.25, -0.2) is 19.2 Å². The monoisotopic (exact) mass is 596 g/mol. The second kappa shape index (κ2) is 11.5. The van der Waals surface area contributed by atoms with Gasteiger partial charge in [0.2, 0.25) is 0 Å². The Morgan fingerprint density at radius 2 is 1.81 bits per heavy atom. The Morgan fingerprint density at radius 1 is 1.05 bits per heavy atom. The van der Waals surface area contributed by atoms with E-state index in [1.54, 1.807) is 6.07 Å². The van der Waals surface area contributed by atoms with Crippen molar-refractivity contribution in [2.45, 2.75) is 50.5 Å². The largest absolute Gasteiger partial charge is 0.416 e. The lowest BCUT2D eigenvalue weighted by Crippen LogP contribution is -2.41. The van der Waals surface area contributed by atoms with Crippen molar-refractivity contribution >= 4 is 34.3 Å². The van der Waals surface area contributed by atoms with Crippen LogP contribution in [0.15, 0.2) is 48.9 Å². The summed E-state index contributed by atoms with van der Waals surface area (Å²) in [4.78, 5) is 23.1. The number of likely N-dealkylation sites (tertiary alicyclic amines) is 1. The number of hydrogen-bond acceptors (Lipinski definition) is 6. The first kappa shape index (κ1) is 28.9. The summed E-state index contributed by atoms with van der Waals surface area (Å²) >= 11 is 0. The molecule has 5 N–H and O–H groups in total. The van der Waals surface area contributed by atoms with Gasteiger partial charge in [-0.3, -0.25) is 4.90 Å². The molecule has 1 aliphatic carbocycles. The van der Waals surface area contributed by atoms with Crippen LogP contribution in [0.1, 0.15) is 42.9 Å². The number of urea groups is 1. The maximum atomic E-state index is 15.2. The molecular weight excluding hydrogens is 564 g/mol. The fourth-order valence-corrected chi connectivity index (χ4v) is 5.70. The molecule has 1 aliphatic heterocycles. The molecule has 9 nitrogen and oxygen atoms in total. The van der Waals surface area contributed by atoms with Gasteiger partial charge in [0.1, 0.15) is 23.6 Å². The van der Waals surface area contributed by atoms with Crippen molar-refractivity contribution in [2.75, 3.05) is 36.5 Å². The Morgan fingerprint density at radius 3 is 2.49 bits per heavy atom. The number of fused-ring (bicyclic) bond motifs is 1. The quantitative estimate of drug-likeness (QED) is 0.195. The third-order valence-corrected chi connectivity index (χ3v) is 8.17. The zero-order valence-corrected chi connectivity index (χ0v) is 23.5. The van der Waals surface area contributed by atoms with Crippen molar-refractivity contribution in [3.63, 3.8) is 0 Å². The van der Waals surface area contributed by atoms with Gasteiger partial charge in [-0.05, 0) is 81.2 Å². The summed E-state index contributed by atoms with van der Waals surface area (Å²) in [7, 11) is 1.88. The third kappa shape index (κ3) is 6.13. The van der Waals surface area contributed by atoms with Gasteiger partial charge in [0.15, 0.2) is 0 Å². The van der Waals surface area contributed by atoms with Crippen molar-refractivity contribution in [2.24, 2.45) is 0 Å². The number of carbonyl (C=O) groups is 1. The van der Waals surface area contributed by atoms with Crippen LogP contribution in [0, 0.1) is 5.82 Å². The van der Waals surface area contributed by atoms with Crippen LogP contribution in [-0.2, 0) is 12.7 Å². The minimum atomic E-state index is -4.61. The van der Waals surface area contributed by atoms with Crippen LogP contribution in [0.25, 0.3) is 22.2 Å². The molecule has 6 rings (SSSR count). The maximum Gasteiger partial charge on any atom is 0.416 e. The van der Waals surface area contributed by atoms with Crippen LogP contribution in [0.3, 0.4) is 0 Å². The minimum Gasteiger partial charge on any atom is -0.383 e. The van der Waals surface area contributed by atoms with Gasteiger partial charge in [-0.1, -0.05) is 12.1 Å². The van der Waals surface area contributed by atoms with Gasteiger partial charge < -0.3 is 26.3 Å². The molecule has 13 heteroatoms. The highest BCUT2D eigenvalue weighted by atomic mass is 19.4. The molecule has 0 spiro atoms. The van der Waals surface area contributed by atoms with Crippen LogP contribution in [-0.4, -0.2) is 51.6 Å². The first-order chi connectivity index (χ1) is 20.6. The summed E-state index contributed by atoms with van der Waals surface area (Å²) in [6.45, 7) is 1.55. The Hall–Kier alpha value is -4.23. The average Bonchev–Trinajstić information content (AvgIpc) is 3.74. The molecule has 0 atom stereocenters. The number of nitrogens with two attached hydrogens (primary N) is 1. The summed E-state index contributed by atoms with van der Waals surface area (Å²) in [5.41, 5.74) is 7.15. The standard InChI is InChI=1S/C30H32F4N8O/c1-36-19-8-10-41(11-9-19)14-18-2-4-20(13-23(18)30(32,33)34)39-29(43)40-25-7-3-17(12-24(25)31)22-15-42(21-5-6-21)28-26(22)27(35)37-16-38-28/h2-4,7,12-13,15-16,19,21,36H,5-6,8-11,14H2,1H3,(H2,35,37,38)(H2,39,40,43). The van der Waals surface area contributed by atoms with E-state index in [0.29, 0.717) is 47.3 Å². The summed E-state index contributed by atoms with van der Waals surface area (Å²) in [6.07, 6.45) is 2.43. The van der Waals surface area contributed by atoms with Gasteiger partial charge in [0, 0.05) is 36.1 Å². The molecule has 43 heavy (non-hydrogen) atoms. The highest BCUT2D eigenvalue weighted by Gasteiger charge is 2.34. The van der Waals surface area contributed by atoms with Crippen LogP contribution < -0.4 is 21.7 Å². The Kier molecular flexibility index (Phi) is 7.69. The van der Waals surface area contributed by atoms with Gasteiger partial charge >= 0.3 is 12.2 Å². The van der Waals surface area contributed by atoms with Crippen molar-refractivity contribution in [1.29, 1.82) is 0 Å². The van der Waals surface area contributed by atoms with Crippen molar-refractivity contribution in [1.82, 2.24) is 24.8 Å². The molecule has 4 aromatic rings. The Bertz CT molecular complexity index is 1660. The van der Waals surface area contributed by atoms with Crippen molar-refractivity contribution in [3.8, 4) is 11.1 Å². The van der Waals surface area contributed by atoms with Gasteiger partial charge in [0.05, 0.1) is 16.6 Å². The summed E-state index contributed by atoms with van der Waals surface area (Å²) in [6, 6.07) is 7.82. The van der Waals surface area contributed by atoms with E-state index in [9.17, 15) is 18.0 Å². The lowest BCUT2D eigenvalue weighted by Gasteiger charge is -2.32. The molecule has 1 saturated heterocycles. The van der Waals surface area contributed by atoms with E-state index in [0.717, 1.165) is 31.7 Å². The molecule has 2 fully saturated rings. The highest BCUT2D eigenvalue weighted by molar-refractivity contribution is 6.02. The number of nitrogen functional groups attached to an aromatic ring is 1. The number of hydrogen-bond donors (Lipinski definition) is 4. The molecule has 2 amide bonds. The predicted molar refractivity (Wildman–Crippen MR) is 157 cm³/mol. The number of aromatic nitrogens is 3. The van der Waals surface area contributed by atoms with Crippen LogP contribution in [0.4, 0.5) is 39.5 Å². The SMILES string of the molecule is CNC1CCN(Cc2ccc(NC(=O)Nc3ccc(-c4cn(C5CC5)c5ncnc(N)c45)cc3F)cc2C(F)(F)F)CC1. The normalized spacial score (nSPS) is 16.5. The van der Waals surface area contributed by atoms with Crippen molar-refractivity contribution in [3.05, 3.63) is 65.9 Å². The van der Waals surface area contributed by atoms with E-state index < -0.39 is 23.6 Å². The second-order valence-electron chi connectivity index (χ2n) is 11.1. The van der Waals surface area contributed by atoms with Crippen LogP contribution >= 0.6 is 0 Å². The number of rotatable bonds is 7. The maximum absolute atomic E-state index is 15.2.